The van der Waals surface area contributed by atoms with E-state index >= 15 is 0 Å². The molecule has 2 aliphatic rings. The molecule has 0 spiro atoms. The third-order valence-corrected chi connectivity index (χ3v) is 5.14. The number of ether oxygens (including phenoxy) is 2. The summed E-state index contributed by atoms with van der Waals surface area (Å²) in [7, 11) is 3.32. The van der Waals surface area contributed by atoms with Crippen molar-refractivity contribution in [3.63, 3.8) is 0 Å². The van der Waals surface area contributed by atoms with Crippen LogP contribution in [0.1, 0.15) is 36.4 Å². The van der Waals surface area contributed by atoms with Gasteiger partial charge in [-0.05, 0) is 42.5 Å². The molecule has 2 aliphatic heterocycles. The number of carbonyl (C=O) groups is 1. The molecular weight excluding hydrogens is 290 g/mol. The fourth-order valence-electron chi connectivity index (χ4n) is 3.85. The van der Waals surface area contributed by atoms with Crippen LogP contribution >= 0.6 is 0 Å². The lowest BCUT2D eigenvalue weighted by Crippen LogP contribution is -2.46. The van der Waals surface area contributed by atoms with Gasteiger partial charge in [0.1, 0.15) is 5.78 Å². The number of hydrogen-bond donors (Lipinski definition) is 0. The zero-order chi connectivity index (χ0) is 16.4. The van der Waals surface area contributed by atoms with Gasteiger partial charge in [0.25, 0.3) is 0 Å². The summed E-state index contributed by atoms with van der Waals surface area (Å²) in [6, 6.07) is 4.31. The lowest BCUT2D eigenvalue weighted by molar-refractivity contribution is -0.129. The third kappa shape index (κ3) is 3.00. The summed E-state index contributed by atoms with van der Waals surface area (Å²) in [5, 5.41) is 0. The molecule has 1 saturated heterocycles. The van der Waals surface area contributed by atoms with E-state index in [9.17, 15) is 4.79 Å². The molecule has 0 amide bonds. The predicted octanol–water partition coefficient (Wildman–Crippen LogP) is 3.16. The molecule has 2 heterocycles. The standard InChI is InChI=1S/C19H25NO3/c1-4-5-6-14-12-20-8-7-13-9-18(22-2)19(23-3)10-15(13)16(20)11-17(14)21/h4,9-10,14,16H,1,5-8,11-12H2,2-3H3/t14-,16-/m1/s1. The Balaban J connectivity index is 1.87. The number of allylic oxidation sites excluding steroid dienone is 1. The maximum absolute atomic E-state index is 12.5. The molecule has 0 radical (unpaired) electrons. The van der Waals surface area contributed by atoms with Crippen molar-refractivity contribution in [2.75, 3.05) is 27.3 Å². The van der Waals surface area contributed by atoms with Gasteiger partial charge in [0.05, 0.1) is 14.2 Å². The Hall–Kier alpha value is -1.81. The fourth-order valence-corrected chi connectivity index (χ4v) is 3.85. The lowest BCUT2D eigenvalue weighted by atomic mass is 9.81. The SMILES string of the molecule is C=CCC[C@@H]1CN2CCc3cc(OC)c(OC)cc3[C@H]2CC1=O. The second-order valence-electron chi connectivity index (χ2n) is 6.40. The van der Waals surface area contributed by atoms with Gasteiger partial charge in [-0.15, -0.1) is 6.58 Å². The first-order chi connectivity index (χ1) is 11.2. The Morgan fingerprint density at radius 2 is 2.04 bits per heavy atom. The first-order valence-corrected chi connectivity index (χ1v) is 8.30. The molecular formula is C19H25NO3. The van der Waals surface area contributed by atoms with E-state index < -0.39 is 0 Å². The van der Waals surface area contributed by atoms with E-state index in [-0.39, 0.29) is 12.0 Å². The first kappa shape index (κ1) is 16.1. The highest BCUT2D eigenvalue weighted by atomic mass is 16.5. The molecule has 0 aliphatic carbocycles. The normalized spacial score (nSPS) is 23.8. The largest absolute Gasteiger partial charge is 0.493 e. The van der Waals surface area contributed by atoms with Gasteiger partial charge in [-0.1, -0.05) is 6.08 Å². The Labute approximate surface area is 138 Å². The average Bonchev–Trinajstić information content (AvgIpc) is 2.58. The zero-order valence-corrected chi connectivity index (χ0v) is 14.0. The van der Waals surface area contributed by atoms with Crippen molar-refractivity contribution >= 4 is 5.78 Å². The monoisotopic (exact) mass is 315 g/mol. The summed E-state index contributed by atoms with van der Waals surface area (Å²) in [6.45, 7) is 5.64. The Morgan fingerprint density at radius 3 is 2.74 bits per heavy atom. The molecule has 4 nitrogen and oxygen atoms in total. The van der Waals surface area contributed by atoms with Crippen molar-refractivity contribution in [3.05, 3.63) is 35.9 Å². The second-order valence-corrected chi connectivity index (χ2v) is 6.40. The van der Waals surface area contributed by atoms with Crippen LogP contribution in [0.5, 0.6) is 11.5 Å². The quantitative estimate of drug-likeness (QED) is 0.783. The van der Waals surface area contributed by atoms with Crippen LogP contribution in [0.3, 0.4) is 0 Å². The molecule has 1 fully saturated rings. The molecule has 1 aromatic rings. The highest BCUT2D eigenvalue weighted by Crippen LogP contribution is 2.42. The molecule has 3 rings (SSSR count). The number of fused-ring (bicyclic) bond motifs is 3. The fraction of sp³-hybridized carbons (Fsp3) is 0.526. The summed E-state index contributed by atoms with van der Waals surface area (Å²) in [5.41, 5.74) is 2.51. The number of hydrogen-bond acceptors (Lipinski definition) is 4. The van der Waals surface area contributed by atoms with Crippen molar-refractivity contribution in [2.24, 2.45) is 5.92 Å². The van der Waals surface area contributed by atoms with Crippen molar-refractivity contribution in [2.45, 2.75) is 31.7 Å². The minimum Gasteiger partial charge on any atom is -0.493 e. The topological polar surface area (TPSA) is 38.8 Å². The van der Waals surface area contributed by atoms with E-state index in [0.29, 0.717) is 12.2 Å². The Morgan fingerprint density at radius 1 is 1.30 bits per heavy atom. The zero-order valence-electron chi connectivity index (χ0n) is 14.0. The minimum atomic E-state index is 0.158. The number of rotatable bonds is 5. The van der Waals surface area contributed by atoms with Crippen molar-refractivity contribution < 1.29 is 14.3 Å². The lowest BCUT2D eigenvalue weighted by Gasteiger charge is -2.43. The van der Waals surface area contributed by atoms with Gasteiger partial charge in [0.15, 0.2) is 11.5 Å². The first-order valence-electron chi connectivity index (χ1n) is 8.30. The van der Waals surface area contributed by atoms with E-state index in [4.69, 9.17) is 9.47 Å². The summed E-state index contributed by atoms with van der Waals surface area (Å²) in [6.07, 6.45) is 5.34. The molecule has 0 N–H and O–H groups in total. The van der Waals surface area contributed by atoms with Crippen molar-refractivity contribution in [1.82, 2.24) is 4.90 Å². The van der Waals surface area contributed by atoms with Crippen molar-refractivity contribution in [1.29, 1.82) is 0 Å². The average molecular weight is 315 g/mol. The Kier molecular flexibility index (Phi) is 4.71. The summed E-state index contributed by atoms with van der Waals surface area (Å²) in [4.78, 5) is 15.0. The van der Waals surface area contributed by atoms with Crippen LogP contribution in [0.4, 0.5) is 0 Å². The molecule has 0 aromatic heterocycles. The molecule has 23 heavy (non-hydrogen) atoms. The van der Waals surface area contributed by atoms with Crippen LogP contribution < -0.4 is 9.47 Å². The maximum atomic E-state index is 12.5. The van der Waals surface area contributed by atoms with Crippen molar-refractivity contribution in [3.8, 4) is 11.5 Å². The predicted molar refractivity (Wildman–Crippen MR) is 90.1 cm³/mol. The molecule has 2 atom stereocenters. The minimum absolute atomic E-state index is 0.158. The van der Waals surface area contributed by atoms with Gasteiger partial charge in [0, 0.05) is 31.5 Å². The van der Waals surface area contributed by atoms with Crippen LogP contribution in [0.15, 0.2) is 24.8 Å². The number of ketones is 1. The third-order valence-electron chi connectivity index (χ3n) is 5.14. The molecule has 124 valence electrons. The Bertz CT molecular complexity index is 611. The number of nitrogens with zero attached hydrogens (tertiary/aromatic N) is 1. The number of Topliss-reactive ketones (excluding diaryl/α,β-unsaturated/α-hetero) is 1. The van der Waals surface area contributed by atoms with Gasteiger partial charge in [-0.2, -0.15) is 0 Å². The number of piperidine rings is 1. The van der Waals surface area contributed by atoms with Crippen LogP contribution in [-0.2, 0) is 11.2 Å². The van der Waals surface area contributed by atoms with Gasteiger partial charge in [-0.3, -0.25) is 9.69 Å². The second kappa shape index (κ2) is 6.75. The highest BCUT2D eigenvalue weighted by molar-refractivity contribution is 5.83. The van der Waals surface area contributed by atoms with Crippen LogP contribution in [0, 0.1) is 5.92 Å². The van der Waals surface area contributed by atoms with E-state index in [1.807, 2.05) is 6.08 Å². The molecule has 4 heteroatoms. The smallest absolute Gasteiger partial charge is 0.161 e. The van der Waals surface area contributed by atoms with Gasteiger partial charge in [0.2, 0.25) is 0 Å². The number of benzene rings is 1. The summed E-state index contributed by atoms with van der Waals surface area (Å²) in [5.74, 6) is 2.06. The molecule has 0 saturated carbocycles. The van der Waals surface area contributed by atoms with Gasteiger partial charge < -0.3 is 9.47 Å². The molecule has 0 bridgehead atoms. The molecule has 1 aromatic carbocycles. The number of carbonyl (C=O) groups excluding carboxylic acids is 1. The van der Waals surface area contributed by atoms with Crippen LogP contribution in [-0.4, -0.2) is 38.0 Å². The van der Waals surface area contributed by atoms with Gasteiger partial charge >= 0.3 is 0 Å². The summed E-state index contributed by atoms with van der Waals surface area (Å²) < 4.78 is 10.8. The van der Waals surface area contributed by atoms with Crippen LogP contribution in [0.2, 0.25) is 0 Å². The van der Waals surface area contributed by atoms with Crippen LogP contribution in [0.25, 0.3) is 0 Å². The molecule has 0 unspecified atom stereocenters. The van der Waals surface area contributed by atoms with E-state index in [2.05, 4.69) is 23.6 Å². The van der Waals surface area contributed by atoms with E-state index in [1.165, 1.54) is 11.1 Å². The highest BCUT2D eigenvalue weighted by Gasteiger charge is 2.38. The maximum Gasteiger partial charge on any atom is 0.161 e. The van der Waals surface area contributed by atoms with Gasteiger partial charge in [-0.25, -0.2) is 0 Å². The number of methoxy groups -OCH3 is 2. The van der Waals surface area contributed by atoms with E-state index in [0.717, 1.165) is 43.9 Å². The summed E-state index contributed by atoms with van der Waals surface area (Å²) >= 11 is 0. The van der Waals surface area contributed by atoms with E-state index in [1.54, 1.807) is 14.2 Å².